The van der Waals surface area contributed by atoms with Crippen LogP contribution in [0.2, 0.25) is 0 Å². The molecule has 1 unspecified atom stereocenters. The van der Waals surface area contributed by atoms with Crippen molar-refractivity contribution in [3.05, 3.63) is 36.0 Å². The standard InChI is InChI=1S/C20H22F3N5O2/c1-12-10-28(15-5-4-13(9-24)18-14(15)3-2-7-26-18)11-16(30-12)19(29)27-8-6-17(25)20(21,22)23/h2-5,7,12,16-17H,6,8,10-11,25H2,1H3,(H,27,29)/t12-,16-,17?/m1/s1. The van der Waals surface area contributed by atoms with Gasteiger partial charge in [-0.2, -0.15) is 18.4 Å². The number of rotatable bonds is 5. The number of nitriles is 1. The van der Waals surface area contributed by atoms with E-state index in [9.17, 15) is 23.2 Å². The van der Waals surface area contributed by atoms with E-state index in [1.54, 1.807) is 24.4 Å². The van der Waals surface area contributed by atoms with Gasteiger partial charge < -0.3 is 20.7 Å². The molecule has 0 radical (unpaired) electrons. The Labute approximate surface area is 171 Å². The number of nitrogens with two attached hydrogens (primary N) is 1. The minimum absolute atomic E-state index is 0.197. The van der Waals surface area contributed by atoms with E-state index in [0.29, 0.717) is 17.6 Å². The van der Waals surface area contributed by atoms with Crippen molar-refractivity contribution < 1.29 is 22.7 Å². The number of carbonyl (C=O) groups excluding carboxylic acids is 1. The molecular weight excluding hydrogens is 399 g/mol. The highest BCUT2D eigenvalue weighted by molar-refractivity contribution is 5.95. The average molecular weight is 421 g/mol. The van der Waals surface area contributed by atoms with Gasteiger partial charge in [-0.15, -0.1) is 0 Å². The van der Waals surface area contributed by atoms with E-state index in [0.717, 1.165) is 11.1 Å². The van der Waals surface area contributed by atoms with E-state index in [-0.39, 0.29) is 19.2 Å². The molecule has 2 heterocycles. The topological polar surface area (TPSA) is 104 Å². The zero-order valence-corrected chi connectivity index (χ0v) is 16.3. The molecule has 1 aromatic carbocycles. The molecule has 1 aliphatic rings. The van der Waals surface area contributed by atoms with Crippen molar-refractivity contribution in [1.82, 2.24) is 10.3 Å². The quantitative estimate of drug-likeness (QED) is 0.766. The smallest absolute Gasteiger partial charge is 0.365 e. The van der Waals surface area contributed by atoms with E-state index in [1.807, 2.05) is 17.9 Å². The Morgan fingerprint density at radius 2 is 2.20 bits per heavy atom. The van der Waals surface area contributed by atoms with E-state index in [4.69, 9.17) is 10.5 Å². The number of nitrogens with one attached hydrogen (secondary N) is 1. The van der Waals surface area contributed by atoms with Gasteiger partial charge in [-0.3, -0.25) is 9.78 Å². The SMILES string of the molecule is C[C@@H]1CN(c2ccc(C#N)c3ncccc23)C[C@H](C(=O)NCCC(N)C(F)(F)F)O1. The Bertz CT molecular complexity index is 960. The molecular formula is C20H22F3N5O2. The largest absolute Gasteiger partial charge is 0.403 e. The fourth-order valence-electron chi connectivity index (χ4n) is 3.44. The molecule has 3 N–H and O–H groups in total. The molecule has 1 amide bonds. The number of ether oxygens (including phenoxy) is 1. The van der Waals surface area contributed by atoms with Gasteiger partial charge in [-0.05, 0) is 37.6 Å². The first kappa shape index (κ1) is 21.8. The lowest BCUT2D eigenvalue weighted by Gasteiger charge is -2.38. The van der Waals surface area contributed by atoms with Crippen LogP contribution < -0.4 is 16.0 Å². The lowest BCUT2D eigenvalue weighted by Crippen LogP contribution is -2.53. The molecule has 10 heteroatoms. The van der Waals surface area contributed by atoms with Gasteiger partial charge in [-0.1, -0.05) is 0 Å². The fourth-order valence-corrected chi connectivity index (χ4v) is 3.44. The number of hydrogen-bond donors (Lipinski definition) is 2. The molecule has 1 saturated heterocycles. The first-order chi connectivity index (χ1) is 14.2. The zero-order valence-electron chi connectivity index (χ0n) is 16.3. The number of fused-ring (bicyclic) bond motifs is 1. The predicted octanol–water partition coefficient (Wildman–Crippen LogP) is 2.10. The number of amides is 1. The summed E-state index contributed by atoms with van der Waals surface area (Å²) in [6.45, 7) is 2.35. The molecule has 1 fully saturated rings. The number of morpholine rings is 1. The van der Waals surface area contributed by atoms with Crippen LogP contribution in [0.3, 0.4) is 0 Å². The van der Waals surface area contributed by atoms with E-state index in [2.05, 4.69) is 16.4 Å². The van der Waals surface area contributed by atoms with Gasteiger partial charge in [0, 0.05) is 30.4 Å². The van der Waals surface area contributed by atoms with Gasteiger partial charge in [0.1, 0.15) is 12.1 Å². The Morgan fingerprint density at radius 1 is 1.43 bits per heavy atom. The predicted molar refractivity (Wildman–Crippen MR) is 105 cm³/mol. The molecule has 3 atom stereocenters. The number of benzene rings is 1. The number of nitrogens with zero attached hydrogens (tertiary/aromatic N) is 3. The van der Waals surface area contributed by atoms with E-state index < -0.39 is 30.7 Å². The second-order valence-corrected chi connectivity index (χ2v) is 7.21. The number of anilines is 1. The number of aromatic nitrogens is 1. The number of carbonyl (C=O) groups is 1. The van der Waals surface area contributed by atoms with Crippen LogP contribution >= 0.6 is 0 Å². The minimum Gasteiger partial charge on any atom is -0.365 e. The molecule has 0 aliphatic carbocycles. The summed E-state index contributed by atoms with van der Waals surface area (Å²) in [5.41, 5.74) is 6.90. The zero-order chi connectivity index (χ0) is 21.9. The van der Waals surface area contributed by atoms with Crippen LogP contribution in [0.15, 0.2) is 30.5 Å². The summed E-state index contributed by atoms with van der Waals surface area (Å²) >= 11 is 0. The molecule has 0 spiro atoms. The molecule has 3 rings (SSSR count). The summed E-state index contributed by atoms with van der Waals surface area (Å²) in [5.74, 6) is -0.489. The molecule has 1 aliphatic heterocycles. The third-order valence-corrected chi connectivity index (χ3v) is 4.94. The lowest BCUT2D eigenvalue weighted by molar-refractivity contribution is -0.149. The van der Waals surface area contributed by atoms with Crippen molar-refractivity contribution in [2.45, 2.75) is 37.8 Å². The summed E-state index contributed by atoms with van der Waals surface area (Å²) in [5, 5.41) is 12.6. The third kappa shape index (κ3) is 4.80. The number of halogens is 3. The molecule has 30 heavy (non-hydrogen) atoms. The van der Waals surface area contributed by atoms with Gasteiger partial charge in [0.25, 0.3) is 5.91 Å². The number of hydrogen-bond acceptors (Lipinski definition) is 6. The summed E-state index contributed by atoms with van der Waals surface area (Å²) in [6.07, 6.45) is -4.43. The Balaban J connectivity index is 1.73. The monoisotopic (exact) mass is 421 g/mol. The van der Waals surface area contributed by atoms with Crippen LogP contribution in [0.1, 0.15) is 18.9 Å². The molecule has 0 bridgehead atoms. The van der Waals surface area contributed by atoms with Gasteiger partial charge in [-0.25, -0.2) is 0 Å². The summed E-state index contributed by atoms with van der Waals surface area (Å²) in [7, 11) is 0. The van der Waals surface area contributed by atoms with Gasteiger partial charge >= 0.3 is 6.18 Å². The van der Waals surface area contributed by atoms with E-state index >= 15 is 0 Å². The minimum atomic E-state index is -4.50. The Kier molecular flexibility index (Phi) is 6.43. The summed E-state index contributed by atoms with van der Waals surface area (Å²) < 4.78 is 43.2. The van der Waals surface area contributed by atoms with Crippen molar-refractivity contribution in [1.29, 1.82) is 5.26 Å². The fraction of sp³-hybridized carbons (Fsp3) is 0.450. The maximum absolute atomic E-state index is 12.5. The van der Waals surface area contributed by atoms with Crippen molar-refractivity contribution in [3.63, 3.8) is 0 Å². The van der Waals surface area contributed by atoms with Crippen molar-refractivity contribution in [3.8, 4) is 6.07 Å². The van der Waals surface area contributed by atoms with Gasteiger partial charge in [0.05, 0.1) is 23.7 Å². The van der Waals surface area contributed by atoms with Crippen LogP contribution in [0.4, 0.5) is 18.9 Å². The van der Waals surface area contributed by atoms with Gasteiger partial charge in [0.2, 0.25) is 0 Å². The van der Waals surface area contributed by atoms with Gasteiger partial charge in [0.15, 0.2) is 6.10 Å². The van der Waals surface area contributed by atoms with Crippen LogP contribution in [0.25, 0.3) is 10.9 Å². The molecule has 2 aromatic rings. The first-order valence-corrected chi connectivity index (χ1v) is 9.49. The van der Waals surface area contributed by atoms with Crippen molar-refractivity contribution in [2.24, 2.45) is 5.73 Å². The van der Waals surface area contributed by atoms with Crippen molar-refractivity contribution >= 4 is 22.5 Å². The Hall–Kier alpha value is -2.90. The highest BCUT2D eigenvalue weighted by Gasteiger charge is 2.36. The summed E-state index contributed by atoms with van der Waals surface area (Å²) in [4.78, 5) is 18.7. The van der Waals surface area contributed by atoms with Crippen molar-refractivity contribution in [2.75, 3.05) is 24.5 Å². The maximum Gasteiger partial charge on any atom is 0.403 e. The second kappa shape index (κ2) is 8.85. The Morgan fingerprint density at radius 3 is 2.90 bits per heavy atom. The average Bonchev–Trinajstić information content (AvgIpc) is 2.71. The third-order valence-electron chi connectivity index (χ3n) is 4.94. The van der Waals surface area contributed by atoms with Crippen LogP contribution in [-0.2, 0) is 9.53 Å². The molecule has 160 valence electrons. The molecule has 0 saturated carbocycles. The summed E-state index contributed by atoms with van der Waals surface area (Å²) in [6, 6.07) is 7.24. The highest BCUT2D eigenvalue weighted by Crippen LogP contribution is 2.30. The lowest BCUT2D eigenvalue weighted by atomic mass is 10.1. The normalized spacial score (nSPS) is 20.6. The first-order valence-electron chi connectivity index (χ1n) is 9.49. The molecule has 7 nitrogen and oxygen atoms in total. The van der Waals surface area contributed by atoms with Crippen LogP contribution in [-0.4, -0.2) is 55.0 Å². The van der Waals surface area contributed by atoms with Crippen LogP contribution in [0.5, 0.6) is 0 Å². The number of pyridine rings is 1. The van der Waals surface area contributed by atoms with E-state index in [1.165, 1.54) is 0 Å². The number of alkyl halides is 3. The molecule has 1 aromatic heterocycles. The second-order valence-electron chi connectivity index (χ2n) is 7.21. The highest BCUT2D eigenvalue weighted by atomic mass is 19.4. The van der Waals surface area contributed by atoms with Crippen LogP contribution in [0, 0.1) is 11.3 Å². The maximum atomic E-state index is 12.5.